The molecule has 130 valence electrons. The van der Waals surface area contributed by atoms with E-state index in [0.717, 1.165) is 43.4 Å². The molecule has 0 fully saturated rings. The maximum atomic E-state index is 13.5. The molecule has 2 aromatic rings. The molecule has 6 heteroatoms. The van der Waals surface area contributed by atoms with Gasteiger partial charge in [-0.05, 0) is 61.1 Å². The lowest BCUT2D eigenvalue weighted by atomic mass is 9.90. The van der Waals surface area contributed by atoms with Crippen LogP contribution in [0.5, 0.6) is 0 Å². The Kier molecular flexibility index (Phi) is 5.07. The fourth-order valence-electron chi connectivity index (χ4n) is 2.87. The highest BCUT2D eigenvalue weighted by molar-refractivity contribution is 5.95. The number of carbonyl (C=O) groups excluding carboxylic acids is 2. The SMILES string of the molecule is O=C(COC(=O)c1ccc2c(c1)CCCC2)Nc1c(F)cccc1F. The summed E-state index contributed by atoms with van der Waals surface area (Å²) in [4.78, 5) is 23.8. The number of rotatable bonds is 4. The summed E-state index contributed by atoms with van der Waals surface area (Å²) >= 11 is 0. The van der Waals surface area contributed by atoms with Gasteiger partial charge >= 0.3 is 5.97 Å². The number of esters is 1. The molecule has 1 amide bonds. The third-order valence-corrected chi connectivity index (χ3v) is 4.15. The van der Waals surface area contributed by atoms with E-state index in [1.807, 2.05) is 6.07 Å². The third kappa shape index (κ3) is 4.02. The van der Waals surface area contributed by atoms with E-state index in [1.54, 1.807) is 12.1 Å². The second-order valence-electron chi connectivity index (χ2n) is 5.91. The predicted octanol–water partition coefficient (Wildman–Crippen LogP) is 3.64. The molecule has 25 heavy (non-hydrogen) atoms. The minimum Gasteiger partial charge on any atom is -0.452 e. The molecule has 0 saturated heterocycles. The van der Waals surface area contributed by atoms with Gasteiger partial charge in [0.1, 0.15) is 17.3 Å². The Bertz CT molecular complexity index is 800. The fraction of sp³-hybridized carbons (Fsp3) is 0.263. The van der Waals surface area contributed by atoms with Crippen LogP contribution in [0.2, 0.25) is 0 Å². The Morgan fingerprint density at radius 1 is 1.00 bits per heavy atom. The molecular weight excluding hydrogens is 328 g/mol. The fourth-order valence-corrected chi connectivity index (χ4v) is 2.87. The van der Waals surface area contributed by atoms with Gasteiger partial charge in [-0.3, -0.25) is 4.79 Å². The van der Waals surface area contributed by atoms with Gasteiger partial charge in [0.05, 0.1) is 5.56 Å². The van der Waals surface area contributed by atoms with Gasteiger partial charge in [-0.25, -0.2) is 13.6 Å². The minimum atomic E-state index is -0.894. The predicted molar refractivity (Wildman–Crippen MR) is 88.4 cm³/mol. The van der Waals surface area contributed by atoms with E-state index in [4.69, 9.17) is 4.74 Å². The van der Waals surface area contributed by atoms with Crippen molar-refractivity contribution in [1.82, 2.24) is 0 Å². The summed E-state index contributed by atoms with van der Waals surface area (Å²) < 4.78 is 31.9. The number of amides is 1. The maximum absolute atomic E-state index is 13.5. The zero-order valence-electron chi connectivity index (χ0n) is 13.5. The van der Waals surface area contributed by atoms with Crippen molar-refractivity contribution in [2.45, 2.75) is 25.7 Å². The van der Waals surface area contributed by atoms with Crippen LogP contribution in [0.15, 0.2) is 36.4 Å². The first-order valence-corrected chi connectivity index (χ1v) is 8.07. The maximum Gasteiger partial charge on any atom is 0.338 e. The van der Waals surface area contributed by atoms with E-state index < -0.39 is 35.8 Å². The molecule has 0 heterocycles. The molecule has 0 aromatic heterocycles. The van der Waals surface area contributed by atoms with E-state index in [0.29, 0.717) is 5.56 Å². The lowest BCUT2D eigenvalue weighted by Gasteiger charge is -2.16. The van der Waals surface area contributed by atoms with Gasteiger partial charge in [-0.2, -0.15) is 0 Å². The molecule has 3 rings (SSSR count). The normalized spacial score (nSPS) is 13.0. The lowest BCUT2D eigenvalue weighted by Crippen LogP contribution is -2.22. The molecule has 0 spiro atoms. The number of halogens is 2. The molecule has 0 aliphatic heterocycles. The van der Waals surface area contributed by atoms with Gasteiger partial charge in [-0.1, -0.05) is 12.1 Å². The van der Waals surface area contributed by atoms with Crippen molar-refractivity contribution in [3.63, 3.8) is 0 Å². The highest BCUT2D eigenvalue weighted by Gasteiger charge is 2.16. The first-order valence-electron chi connectivity index (χ1n) is 8.07. The number of hydrogen-bond donors (Lipinski definition) is 1. The van der Waals surface area contributed by atoms with Crippen LogP contribution < -0.4 is 5.32 Å². The van der Waals surface area contributed by atoms with Crippen LogP contribution in [0, 0.1) is 11.6 Å². The van der Waals surface area contributed by atoms with Crippen LogP contribution in [0.4, 0.5) is 14.5 Å². The number of anilines is 1. The first-order chi connectivity index (χ1) is 12.0. The Morgan fingerprint density at radius 2 is 1.68 bits per heavy atom. The number of benzene rings is 2. The average molecular weight is 345 g/mol. The van der Waals surface area contributed by atoms with Crippen molar-refractivity contribution in [2.75, 3.05) is 11.9 Å². The van der Waals surface area contributed by atoms with E-state index >= 15 is 0 Å². The van der Waals surface area contributed by atoms with Crippen molar-refractivity contribution in [3.05, 3.63) is 64.7 Å². The smallest absolute Gasteiger partial charge is 0.338 e. The summed E-state index contributed by atoms with van der Waals surface area (Å²) in [6, 6.07) is 8.60. The largest absolute Gasteiger partial charge is 0.452 e. The second-order valence-corrected chi connectivity index (χ2v) is 5.91. The summed E-state index contributed by atoms with van der Waals surface area (Å²) in [6.45, 7) is -0.621. The number of para-hydroxylation sites is 1. The summed E-state index contributed by atoms with van der Waals surface area (Å²) in [7, 11) is 0. The summed E-state index contributed by atoms with van der Waals surface area (Å²) in [5.41, 5.74) is 2.16. The topological polar surface area (TPSA) is 55.4 Å². The van der Waals surface area contributed by atoms with Gasteiger partial charge in [-0.15, -0.1) is 0 Å². The van der Waals surface area contributed by atoms with Crippen LogP contribution in [0.1, 0.15) is 34.3 Å². The number of fused-ring (bicyclic) bond motifs is 1. The van der Waals surface area contributed by atoms with Crippen LogP contribution in [-0.2, 0) is 22.4 Å². The molecule has 1 N–H and O–H groups in total. The number of nitrogens with one attached hydrogen (secondary N) is 1. The summed E-state index contributed by atoms with van der Waals surface area (Å²) in [5, 5.41) is 2.07. The van der Waals surface area contributed by atoms with Crippen LogP contribution in [0.3, 0.4) is 0 Å². The van der Waals surface area contributed by atoms with Crippen molar-refractivity contribution in [2.24, 2.45) is 0 Å². The number of ether oxygens (including phenoxy) is 1. The highest BCUT2D eigenvalue weighted by atomic mass is 19.1. The molecule has 1 aliphatic carbocycles. The molecule has 0 bridgehead atoms. The molecule has 1 aliphatic rings. The Labute approximate surface area is 143 Å². The van der Waals surface area contributed by atoms with E-state index in [1.165, 1.54) is 11.6 Å². The minimum absolute atomic E-state index is 0.366. The Balaban J connectivity index is 1.59. The highest BCUT2D eigenvalue weighted by Crippen LogP contribution is 2.22. The van der Waals surface area contributed by atoms with Crippen molar-refractivity contribution < 1.29 is 23.1 Å². The average Bonchev–Trinajstić information content (AvgIpc) is 2.62. The van der Waals surface area contributed by atoms with Crippen molar-refractivity contribution >= 4 is 17.6 Å². The van der Waals surface area contributed by atoms with Crippen LogP contribution in [0.25, 0.3) is 0 Å². The molecule has 0 radical (unpaired) electrons. The number of aryl methyl sites for hydroxylation is 2. The van der Waals surface area contributed by atoms with Gasteiger partial charge in [0.15, 0.2) is 6.61 Å². The molecule has 0 saturated carbocycles. The van der Waals surface area contributed by atoms with Crippen molar-refractivity contribution in [3.8, 4) is 0 Å². The standard InChI is InChI=1S/C19H17F2NO3/c20-15-6-3-7-16(21)18(15)22-17(23)11-25-19(24)14-9-8-12-4-1-2-5-13(12)10-14/h3,6-10H,1-2,4-5,11H2,(H,22,23). The lowest BCUT2D eigenvalue weighted by molar-refractivity contribution is -0.119. The van der Waals surface area contributed by atoms with Crippen molar-refractivity contribution in [1.29, 1.82) is 0 Å². The number of hydrogen-bond acceptors (Lipinski definition) is 3. The van der Waals surface area contributed by atoms with E-state index in [2.05, 4.69) is 5.32 Å². The summed E-state index contributed by atoms with van der Waals surface area (Å²) in [5.74, 6) is -3.24. The van der Waals surface area contributed by atoms with E-state index in [9.17, 15) is 18.4 Å². The first kappa shape index (κ1) is 17.1. The summed E-state index contributed by atoms with van der Waals surface area (Å²) in [6.07, 6.45) is 4.15. The van der Waals surface area contributed by atoms with Gasteiger partial charge in [0.2, 0.25) is 0 Å². The zero-order chi connectivity index (χ0) is 17.8. The Morgan fingerprint density at radius 3 is 2.40 bits per heavy atom. The van der Waals surface area contributed by atoms with Gasteiger partial charge in [0.25, 0.3) is 5.91 Å². The second kappa shape index (κ2) is 7.42. The Hall–Kier alpha value is -2.76. The van der Waals surface area contributed by atoms with Crippen LogP contribution >= 0.6 is 0 Å². The zero-order valence-corrected chi connectivity index (χ0v) is 13.5. The molecule has 0 unspecified atom stereocenters. The quantitative estimate of drug-likeness (QED) is 0.861. The van der Waals surface area contributed by atoms with E-state index in [-0.39, 0.29) is 0 Å². The molecule has 0 atom stereocenters. The molecule has 2 aromatic carbocycles. The number of carbonyl (C=O) groups is 2. The van der Waals surface area contributed by atoms with Gasteiger partial charge < -0.3 is 10.1 Å². The molecular formula is C19H17F2NO3. The van der Waals surface area contributed by atoms with Crippen LogP contribution in [-0.4, -0.2) is 18.5 Å². The monoisotopic (exact) mass is 345 g/mol. The third-order valence-electron chi connectivity index (χ3n) is 4.15. The van der Waals surface area contributed by atoms with Gasteiger partial charge in [0, 0.05) is 0 Å². The molecule has 4 nitrogen and oxygen atoms in total.